The Balaban J connectivity index is 0.000000292. The quantitative estimate of drug-likeness (QED) is 0.457. The predicted molar refractivity (Wildman–Crippen MR) is 48.6 cm³/mol. The average Bonchev–Trinajstić information content (AvgIpc) is 1.97. The van der Waals surface area contributed by atoms with E-state index >= 15 is 0 Å². The molecule has 0 aliphatic carbocycles. The van der Waals surface area contributed by atoms with E-state index in [0.29, 0.717) is 0 Å². The molecular weight excluding hydrogens is 199 g/mol. The highest BCUT2D eigenvalue weighted by Crippen LogP contribution is 2.06. The number of rotatable bonds is 0. The molecule has 7 heteroatoms. The van der Waals surface area contributed by atoms with Crippen molar-refractivity contribution < 1.29 is 22.2 Å². The number of hydrogen-bond donors (Lipinski definition) is 1. The van der Waals surface area contributed by atoms with E-state index in [1.807, 2.05) is 0 Å². The van der Waals surface area contributed by atoms with Gasteiger partial charge in [-0.15, -0.1) is 0 Å². The van der Waals surface area contributed by atoms with Crippen LogP contribution in [-0.2, 0) is 0 Å². The number of nitrogens with zero attached hydrogens (tertiary/aromatic N) is 1. The van der Waals surface area contributed by atoms with E-state index in [1.54, 1.807) is 4.90 Å². The second-order valence-electron chi connectivity index (χ2n) is 3.60. The summed E-state index contributed by atoms with van der Waals surface area (Å²) in [5.74, 6) is 0. The van der Waals surface area contributed by atoms with E-state index in [-0.39, 0.29) is 0 Å². The normalized spacial score (nSPS) is 29.4. The summed E-state index contributed by atoms with van der Waals surface area (Å²) < 4.78 is 39.0. The fourth-order valence-corrected chi connectivity index (χ4v) is 1.39. The van der Waals surface area contributed by atoms with Crippen molar-refractivity contribution >= 4 is 7.25 Å². The molecule has 1 aliphatic rings. The maximum Gasteiger partial charge on any atom is 0.673 e. The summed E-state index contributed by atoms with van der Waals surface area (Å²) in [5, 5.41) is 0. The van der Waals surface area contributed by atoms with Crippen LogP contribution < -0.4 is 4.90 Å². The zero-order chi connectivity index (χ0) is 11.4. The Morgan fingerprint density at radius 1 is 1.29 bits per heavy atom. The molecule has 0 amide bonds. The molecule has 0 radical (unpaired) electrons. The monoisotopic (exact) mass is 216 g/mol. The molecule has 1 saturated heterocycles. The minimum atomic E-state index is -6.00. The van der Waals surface area contributed by atoms with Gasteiger partial charge in [0.15, 0.2) is 0 Å². The second kappa shape index (κ2) is 5.55. The first kappa shape index (κ1) is 13.7. The third-order valence-corrected chi connectivity index (χ3v) is 2.46. The Labute approximate surface area is 82.0 Å². The van der Waals surface area contributed by atoms with E-state index in [4.69, 9.17) is 0 Å². The lowest BCUT2D eigenvalue weighted by Gasteiger charge is -2.34. The maximum atomic E-state index is 9.75. The Kier molecular flexibility index (Phi) is 5.44. The average molecular weight is 216 g/mol. The fraction of sp³-hybridized carbons (Fsp3) is 1.00. The van der Waals surface area contributed by atoms with Gasteiger partial charge in [0.25, 0.3) is 0 Å². The van der Waals surface area contributed by atoms with Crippen molar-refractivity contribution in [3.05, 3.63) is 0 Å². The summed E-state index contributed by atoms with van der Waals surface area (Å²) in [6, 6.07) is 0. The lowest BCUT2D eigenvalue weighted by Crippen LogP contribution is -3.15. The van der Waals surface area contributed by atoms with E-state index in [0.717, 1.165) is 6.17 Å². The van der Waals surface area contributed by atoms with Gasteiger partial charge in [-0.05, 0) is 7.05 Å². The van der Waals surface area contributed by atoms with Gasteiger partial charge in [0.1, 0.15) is 6.17 Å². The van der Waals surface area contributed by atoms with Gasteiger partial charge in [0, 0.05) is 19.9 Å². The summed E-state index contributed by atoms with van der Waals surface area (Å²) in [6.45, 7) is 4.90. The van der Waals surface area contributed by atoms with Crippen LogP contribution in [0.2, 0.25) is 0 Å². The van der Waals surface area contributed by atoms with Crippen LogP contribution in [0.15, 0.2) is 0 Å². The summed E-state index contributed by atoms with van der Waals surface area (Å²) in [6.07, 6.45) is 2.07. The van der Waals surface area contributed by atoms with Crippen molar-refractivity contribution in [2.45, 2.75) is 19.5 Å². The summed E-state index contributed by atoms with van der Waals surface area (Å²) >= 11 is 0. The molecule has 0 bridgehead atoms. The molecule has 0 aromatic heterocycles. The first-order valence-corrected chi connectivity index (χ1v) is 4.61. The molecule has 2 atom stereocenters. The van der Waals surface area contributed by atoms with Gasteiger partial charge in [0.2, 0.25) is 0 Å². The van der Waals surface area contributed by atoms with Crippen LogP contribution in [0, 0.1) is 0 Å². The molecule has 2 nitrogen and oxygen atoms in total. The van der Waals surface area contributed by atoms with Crippen LogP contribution >= 0.6 is 0 Å². The van der Waals surface area contributed by atoms with Crippen LogP contribution in [0.4, 0.5) is 17.3 Å². The molecule has 1 N–H and O–H groups in total. The number of nitrogens with one attached hydrogen (secondary N) is 1. The van der Waals surface area contributed by atoms with Gasteiger partial charge >= 0.3 is 7.25 Å². The minimum absolute atomic E-state index is 0.721. The van der Waals surface area contributed by atoms with Gasteiger partial charge in [-0.25, -0.2) is 0 Å². The zero-order valence-electron chi connectivity index (χ0n) is 8.74. The van der Waals surface area contributed by atoms with Crippen molar-refractivity contribution in [2.24, 2.45) is 0 Å². The lowest BCUT2D eigenvalue weighted by atomic mass is 10.2. The van der Waals surface area contributed by atoms with E-state index in [2.05, 4.69) is 25.9 Å². The molecule has 0 aromatic carbocycles. The van der Waals surface area contributed by atoms with Crippen molar-refractivity contribution in [3.63, 3.8) is 0 Å². The van der Waals surface area contributed by atoms with Gasteiger partial charge in [-0.1, -0.05) is 0 Å². The van der Waals surface area contributed by atoms with Crippen molar-refractivity contribution in [2.75, 3.05) is 27.2 Å². The van der Waals surface area contributed by atoms with Crippen molar-refractivity contribution in [3.8, 4) is 0 Å². The van der Waals surface area contributed by atoms with Crippen LogP contribution in [-0.4, -0.2) is 45.5 Å². The van der Waals surface area contributed by atoms with Crippen molar-refractivity contribution in [1.82, 2.24) is 4.90 Å². The highest BCUT2D eigenvalue weighted by molar-refractivity contribution is 6.50. The molecule has 1 aliphatic heterocycles. The molecule has 0 saturated carbocycles. The van der Waals surface area contributed by atoms with Crippen LogP contribution in [0.1, 0.15) is 13.3 Å². The maximum absolute atomic E-state index is 9.75. The molecule has 1 fully saturated rings. The highest BCUT2D eigenvalue weighted by atomic mass is 19.5. The zero-order valence-corrected chi connectivity index (χ0v) is 8.74. The molecule has 0 spiro atoms. The molecule has 14 heavy (non-hydrogen) atoms. The number of quaternary nitrogens is 1. The summed E-state index contributed by atoms with van der Waals surface area (Å²) in [7, 11) is -1.53. The molecule has 2 unspecified atom stereocenters. The molecule has 1 rings (SSSR count). The Morgan fingerprint density at radius 2 is 1.71 bits per heavy atom. The molecular formula is C7H17BF4N2. The Hall–Kier alpha value is -0.295. The predicted octanol–water partition coefficient (Wildman–Crippen LogP) is 0.483. The smallest absolute Gasteiger partial charge is 0.418 e. The summed E-state index contributed by atoms with van der Waals surface area (Å²) in [5.41, 5.74) is 0. The molecule has 0 aromatic rings. The summed E-state index contributed by atoms with van der Waals surface area (Å²) in [4.78, 5) is 4.06. The Bertz CT molecular complexity index is 148. The van der Waals surface area contributed by atoms with Crippen LogP contribution in [0.5, 0.6) is 0 Å². The highest BCUT2D eigenvalue weighted by Gasteiger charge is 2.21. The molecule has 1 heterocycles. The topological polar surface area (TPSA) is 7.68 Å². The van der Waals surface area contributed by atoms with Gasteiger partial charge in [-0.3, -0.25) is 4.90 Å². The fourth-order valence-electron chi connectivity index (χ4n) is 1.39. The molecule has 86 valence electrons. The van der Waals surface area contributed by atoms with Crippen LogP contribution in [0.25, 0.3) is 0 Å². The van der Waals surface area contributed by atoms with E-state index in [9.17, 15) is 17.3 Å². The SMILES string of the molecule is CC1N(C)CCC[NH+]1C.F[B-](F)(F)F. The minimum Gasteiger partial charge on any atom is -0.418 e. The first-order chi connectivity index (χ1) is 6.22. The number of hydrogen-bond acceptors (Lipinski definition) is 1. The largest absolute Gasteiger partial charge is 0.673 e. The third-order valence-electron chi connectivity index (χ3n) is 2.46. The first-order valence-electron chi connectivity index (χ1n) is 4.61. The van der Waals surface area contributed by atoms with Crippen molar-refractivity contribution in [1.29, 1.82) is 0 Å². The lowest BCUT2D eigenvalue weighted by molar-refractivity contribution is -0.922. The second-order valence-corrected chi connectivity index (χ2v) is 3.60. The number of halogens is 4. The van der Waals surface area contributed by atoms with Crippen LogP contribution in [0.3, 0.4) is 0 Å². The Morgan fingerprint density at radius 3 is 2.00 bits per heavy atom. The van der Waals surface area contributed by atoms with Gasteiger partial charge in [-0.2, -0.15) is 0 Å². The standard InChI is InChI=1S/C7H16N2.BF4/c1-7-8(2)5-4-6-9(7)3;2-1(3,4)5/h7H,4-6H2,1-3H3;/q;-1/p+1. The van der Waals surface area contributed by atoms with Gasteiger partial charge < -0.3 is 22.2 Å². The van der Waals surface area contributed by atoms with Gasteiger partial charge in [0.05, 0.1) is 13.6 Å². The third kappa shape index (κ3) is 7.14. The van der Waals surface area contributed by atoms with E-state index < -0.39 is 7.25 Å². The van der Waals surface area contributed by atoms with E-state index in [1.165, 1.54) is 19.5 Å².